The van der Waals surface area contributed by atoms with Crippen molar-refractivity contribution in [1.29, 1.82) is 0 Å². The Balaban J connectivity index is 1.87. The number of rotatable bonds is 4. The third-order valence-electron chi connectivity index (χ3n) is 4.25. The number of hydrogen-bond donors (Lipinski definition) is 0. The van der Waals surface area contributed by atoms with E-state index in [1.165, 1.54) is 0 Å². The molecule has 2 aromatic carbocycles. The van der Waals surface area contributed by atoms with Crippen LogP contribution in [0.5, 0.6) is 0 Å². The van der Waals surface area contributed by atoms with Crippen LogP contribution in [0.3, 0.4) is 0 Å². The normalized spacial score (nSPS) is 11.5. The van der Waals surface area contributed by atoms with Crippen LogP contribution < -0.4 is 0 Å². The molecule has 5 heteroatoms. The first-order valence-electron chi connectivity index (χ1n) is 8.29. The molecular weight excluding hydrogens is 334 g/mol. The number of benzene rings is 2. The first-order chi connectivity index (χ1) is 12.1. The number of nitrogens with zero attached hydrogens (tertiary/aromatic N) is 3. The number of fused-ring (bicyclic) bond motifs is 1. The molecule has 126 valence electrons. The average molecular weight is 352 g/mol. The van der Waals surface area contributed by atoms with Crippen molar-refractivity contribution in [2.24, 2.45) is 0 Å². The van der Waals surface area contributed by atoms with E-state index in [2.05, 4.69) is 33.0 Å². The maximum atomic E-state index is 6.37. The molecule has 0 atom stereocenters. The monoisotopic (exact) mass is 351 g/mol. The summed E-state index contributed by atoms with van der Waals surface area (Å²) in [6.07, 6.45) is 0. The SMILES string of the molecule is CC(C)c1nnc(-c2cc3ccccc3n2Cc2ccccc2Cl)o1. The molecule has 4 rings (SSSR count). The molecule has 0 saturated heterocycles. The van der Waals surface area contributed by atoms with Gasteiger partial charge in [-0.2, -0.15) is 0 Å². The summed E-state index contributed by atoms with van der Waals surface area (Å²) in [5.41, 5.74) is 3.07. The highest BCUT2D eigenvalue weighted by atomic mass is 35.5. The zero-order chi connectivity index (χ0) is 17.4. The fourth-order valence-electron chi connectivity index (χ4n) is 2.93. The van der Waals surface area contributed by atoms with Crippen molar-refractivity contribution >= 4 is 22.5 Å². The highest BCUT2D eigenvalue weighted by Gasteiger charge is 2.18. The van der Waals surface area contributed by atoms with Gasteiger partial charge in [-0.1, -0.05) is 61.8 Å². The van der Waals surface area contributed by atoms with E-state index < -0.39 is 0 Å². The maximum Gasteiger partial charge on any atom is 0.264 e. The molecule has 2 aromatic heterocycles. The van der Waals surface area contributed by atoms with Crippen LogP contribution in [0.2, 0.25) is 5.02 Å². The molecule has 0 N–H and O–H groups in total. The van der Waals surface area contributed by atoms with Gasteiger partial charge in [-0.05, 0) is 23.8 Å². The summed E-state index contributed by atoms with van der Waals surface area (Å²) in [6.45, 7) is 4.72. The van der Waals surface area contributed by atoms with E-state index in [9.17, 15) is 0 Å². The van der Waals surface area contributed by atoms with Crippen LogP contribution in [0.25, 0.3) is 22.5 Å². The Morgan fingerprint density at radius 1 is 1.04 bits per heavy atom. The van der Waals surface area contributed by atoms with Gasteiger partial charge >= 0.3 is 0 Å². The molecule has 0 aliphatic rings. The van der Waals surface area contributed by atoms with Gasteiger partial charge in [0.05, 0.1) is 0 Å². The molecule has 0 bridgehead atoms. The van der Waals surface area contributed by atoms with E-state index >= 15 is 0 Å². The lowest BCUT2D eigenvalue weighted by Crippen LogP contribution is -2.02. The smallest absolute Gasteiger partial charge is 0.264 e. The zero-order valence-electron chi connectivity index (χ0n) is 14.1. The first-order valence-corrected chi connectivity index (χ1v) is 8.66. The third-order valence-corrected chi connectivity index (χ3v) is 4.62. The van der Waals surface area contributed by atoms with Crippen molar-refractivity contribution in [3.63, 3.8) is 0 Å². The minimum absolute atomic E-state index is 0.197. The van der Waals surface area contributed by atoms with Crippen LogP contribution in [0.4, 0.5) is 0 Å². The van der Waals surface area contributed by atoms with Crippen molar-refractivity contribution in [1.82, 2.24) is 14.8 Å². The van der Waals surface area contributed by atoms with E-state index in [4.69, 9.17) is 16.0 Å². The molecule has 0 aliphatic heterocycles. The van der Waals surface area contributed by atoms with Crippen molar-refractivity contribution in [2.45, 2.75) is 26.3 Å². The van der Waals surface area contributed by atoms with Crippen molar-refractivity contribution in [3.05, 3.63) is 71.1 Å². The van der Waals surface area contributed by atoms with Gasteiger partial charge in [0, 0.05) is 28.4 Å². The zero-order valence-corrected chi connectivity index (χ0v) is 14.9. The van der Waals surface area contributed by atoms with Gasteiger partial charge in [0.2, 0.25) is 5.89 Å². The quantitative estimate of drug-likeness (QED) is 0.486. The van der Waals surface area contributed by atoms with Crippen LogP contribution in [-0.2, 0) is 6.54 Å². The summed E-state index contributed by atoms with van der Waals surface area (Å²) in [4.78, 5) is 0. The average Bonchev–Trinajstić information content (AvgIpc) is 3.22. The van der Waals surface area contributed by atoms with Gasteiger partial charge in [-0.3, -0.25) is 0 Å². The highest BCUT2D eigenvalue weighted by Crippen LogP contribution is 2.30. The first kappa shape index (κ1) is 15.9. The van der Waals surface area contributed by atoms with Gasteiger partial charge in [-0.25, -0.2) is 0 Å². The molecule has 4 aromatic rings. The summed E-state index contributed by atoms with van der Waals surface area (Å²) in [5.74, 6) is 1.37. The summed E-state index contributed by atoms with van der Waals surface area (Å²) in [5, 5.41) is 10.3. The second kappa shape index (κ2) is 6.37. The molecule has 0 aliphatic carbocycles. The van der Waals surface area contributed by atoms with Gasteiger partial charge in [0.1, 0.15) is 5.69 Å². The van der Waals surface area contributed by atoms with E-state index in [1.54, 1.807) is 0 Å². The Kier molecular flexibility index (Phi) is 4.06. The van der Waals surface area contributed by atoms with Crippen molar-refractivity contribution in [2.75, 3.05) is 0 Å². The molecule has 0 spiro atoms. The fraction of sp³-hybridized carbons (Fsp3) is 0.200. The Hall–Kier alpha value is -2.59. The Morgan fingerprint density at radius 3 is 2.56 bits per heavy atom. The summed E-state index contributed by atoms with van der Waals surface area (Å²) < 4.78 is 8.07. The summed E-state index contributed by atoms with van der Waals surface area (Å²) in [7, 11) is 0. The van der Waals surface area contributed by atoms with E-state index in [-0.39, 0.29) is 5.92 Å². The molecular formula is C20H18ClN3O. The molecule has 0 saturated carbocycles. The number of hydrogen-bond acceptors (Lipinski definition) is 3. The minimum Gasteiger partial charge on any atom is -0.419 e. The lowest BCUT2D eigenvalue weighted by atomic mass is 10.2. The van der Waals surface area contributed by atoms with Gasteiger partial charge in [0.25, 0.3) is 5.89 Å². The van der Waals surface area contributed by atoms with Crippen molar-refractivity contribution in [3.8, 4) is 11.6 Å². The molecule has 0 amide bonds. The molecule has 25 heavy (non-hydrogen) atoms. The maximum absolute atomic E-state index is 6.37. The van der Waals surface area contributed by atoms with Crippen LogP contribution in [0, 0.1) is 0 Å². The third kappa shape index (κ3) is 2.94. The summed E-state index contributed by atoms with van der Waals surface area (Å²) in [6, 6.07) is 18.2. The lowest BCUT2D eigenvalue weighted by Gasteiger charge is -2.10. The van der Waals surface area contributed by atoms with Gasteiger partial charge < -0.3 is 8.98 Å². The van der Waals surface area contributed by atoms with Crippen LogP contribution in [-0.4, -0.2) is 14.8 Å². The van der Waals surface area contributed by atoms with Gasteiger partial charge in [-0.15, -0.1) is 10.2 Å². The van der Waals surface area contributed by atoms with E-state index in [0.717, 1.165) is 27.2 Å². The molecule has 0 fully saturated rings. The van der Waals surface area contributed by atoms with E-state index in [1.807, 2.05) is 50.2 Å². The Labute approximate surface area is 151 Å². The standard InChI is InChI=1S/C20H18ClN3O/c1-13(2)19-22-23-20(25-19)18-11-14-7-4-6-10-17(14)24(18)12-15-8-3-5-9-16(15)21/h3-11,13H,12H2,1-2H3. The highest BCUT2D eigenvalue weighted by molar-refractivity contribution is 6.31. The topological polar surface area (TPSA) is 43.9 Å². The summed E-state index contributed by atoms with van der Waals surface area (Å²) >= 11 is 6.37. The largest absolute Gasteiger partial charge is 0.419 e. The number of halogens is 1. The van der Waals surface area contributed by atoms with Crippen LogP contribution in [0.1, 0.15) is 31.2 Å². The minimum atomic E-state index is 0.197. The number of para-hydroxylation sites is 1. The fourth-order valence-corrected chi connectivity index (χ4v) is 3.12. The van der Waals surface area contributed by atoms with E-state index in [0.29, 0.717) is 18.3 Å². The molecule has 0 unspecified atom stereocenters. The van der Waals surface area contributed by atoms with Crippen molar-refractivity contribution < 1.29 is 4.42 Å². The Morgan fingerprint density at radius 2 is 1.80 bits per heavy atom. The van der Waals surface area contributed by atoms with Crippen LogP contribution >= 0.6 is 11.6 Å². The molecule has 2 heterocycles. The second-order valence-corrected chi connectivity index (χ2v) is 6.77. The molecule has 4 nitrogen and oxygen atoms in total. The lowest BCUT2D eigenvalue weighted by molar-refractivity contribution is 0.478. The Bertz CT molecular complexity index is 1030. The van der Waals surface area contributed by atoms with Gasteiger partial charge in [0.15, 0.2) is 0 Å². The number of aromatic nitrogens is 3. The second-order valence-electron chi connectivity index (χ2n) is 6.37. The predicted molar refractivity (Wildman–Crippen MR) is 99.9 cm³/mol. The van der Waals surface area contributed by atoms with Crippen LogP contribution in [0.15, 0.2) is 59.0 Å². The molecule has 0 radical (unpaired) electrons. The predicted octanol–water partition coefficient (Wildman–Crippen LogP) is 5.52.